The first-order valence-corrected chi connectivity index (χ1v) is 12.7. The minimum atomic E-state index is -0.849. The van der Waals surface area contributed by atoms with Crippen molar-refractivity contribution < 1.29 is 23.9 Å². The average molecular weight is 498 g/mol. The molecule has 0 saturated heterocycles. The van der Waals surface area contributed by atoms with Crippen molar-refractivity contribution in [1.29, 1.82) is 0 Å². The van der Waals surface area contributed by atoms with Gasteiger partial charge in [-0.25, -0.2) is 0 Å². The lowest BCUT2D eigenvalue weighted by Crippen LogP contribution is -2.09. The summed E-state index contributed by atoms with van der Waals surface area (Å²) in [4.78, 5) is 11.9. The molecule has 190 valence electrons. The van der Waals surface area contributed by atoms with E-state index in [0.717, 1.165) is 28.7 Å². The van der Waals surface area contributed by atoms with Crippen LogP contribution in [0.2, 0.25) is 0 Å². The highest BCUT2D eigenvalue weighted by atomic mass is 16.5. The van der Waals surface area contributed by atoms with Crippen LogP contribution in [0.4, 0.5) is 0 Å². The number of hydrogen-bond acceptors (Lipinski definition) is 6. The van der Waals surface area contributed by atoms with Crippen molar-refractivity contribution in [3.63, 3.8) is 0 Å². The molecule has 1 N–H and O–H groups in total. The monoisotopic (exact) mass is 497 g/mol. The van der Waals surface area contributed by atoms with Gasteiger partial charge in [0.1, 0.15) is 6.10 Å². The lowest BCUT2D eigenvalue weighted by atomic mass is 9.98. The molecule has 5 rings (SSSR count). The van der Waals surface area contributed by atoms with E-state index in [2.05, 4.69) is 29.4 Å². The van der Waals surface area contributed by atoms with Crippen LogP contribution in [0.1, 0.15) is 47.8 Å². The molecular formula is C31H31NO5. The van der Waals surface area contributed by atoms with Crippen molar-refractivity contribution in [2.45, 2.75) is 38.9 Å². The molecule has 1 aliphatic rings. The largest absolute Gasteiger partial charge is 0.466 e. The Labute approximate surface area is 216 Å². The Morgan fingerprint density at radius 1 is 1.00 bits per heavy atom. The standard InChI is InChI=1S/C31H31NO5/c1-3-36-31(34)27-17-26(27)24-13-9-22(10-14-24)23-11-15-25(16-12-23)30-29(20(2)32-37-30)28(33)19-35-18-21-7-5-4-6-8-21/h4-16,26-28,33H,3,17-19H2,1-2H3/t26-,27-,28+/m1/s1. The predicted octanol–water partition coefficient (Wildman–Crippen LogP) is 6.23. The quantitative estimate of drug-likeness (QED) is 0.262. The summed E-state index contributed by atoms with van der Waals surface area (Å²) in [7, 11) is 0. The maximum absolute atomic E-state index is 11.9. The van der Waals surface area contributed by atoms with E-state index in [0.29, 0.717) is 30.2 Å². The maximum Gasteiger partial charge on any atom is 0.309 e. The SMILES string of the molecule is CCOC(=O)[C@@H]1C[C@@H]1c1ccc(-c2ccc(-c3onc(C)c3[C@@H](O)COCc3ccccc3)cc2)cc1. The molecule has 3 atom stereocenters. The minimum Gasteiger partial charge on any atom is -0.466 e. The molecular weight excluding hydrogens is 466 g/mol. The van der Waals surface area contributed by atoms with Gasteiger partial charge in [-0.05, 0) is 48.4 Å². The van der Waals surface area contributed by atoms with Gasteiger partial charge in [-0.15, -0.1) is 0 Å². The number of aliphatic hydroxyl groups is 1. The van der Waals surface area contributed by atoms with E-state index < -0.39 is 6.10 Å². The number of aliphatic hydroxyl groups excluding tert-OH is 1. The third kappa shape index (κ3) is 5.66. The summed E-state index contributed by atoms with van der Waals surface area (Å²) < 4.78 is 16.5. The third-order valence-electron chi connectivity index (χ3n) is 6.83. The van der Waals surface area contributed by atoms with Gasteiger partial charge in [0.05, 0.1) is 37.0 Å². The fourth-order valence-electron chi connectivity index (χ4n) is 4.73. The Balaban J connectivity index is 1.24. The molecule has 37 heavy (non-hydrogen) atoms. The van der Waals surface area contributed by atoms with E-state index >= 15 is 0 Å². The molecule has 1 aliphatic carbocycles. The number of carbonyl (C=O) groups is 1. The number of benzene rings is 3. The van der Waals surface area contributed by atoms with Crippen LogP contribution >= 0.6 is 0 Å². The van der Waals surface area contributed by atoms with Crippen molar-refractivity contribution in [2.24, 2.45) is 5.92 Å². The van der Waals surface area contributed by atoms with Gasteiger partial charge in [0.25, 0.3) is 0 Å². The highest BCUT2D eigenvalue weighted by Gasteiger charge is 2.45. The second-order valence-corrected chi connectivity index (χ2v) is 9.43. The number of hydrogen-bond donors (Lipinski definition) is 1. The number of rotatable bonds is 10. The van der Waals surface area contributed by atoms with Crippen LogP contribution in [0.25, 0.3) is 22.5 Å². The molecule has 6 heteroatoms. The van der Waals surface area contributed by atoms with Crippen molar-refractivity contribution in [3.05, 3.63) is 101 Å². The molecule has 0 amide bonds. The highest BCUT2D eigenvalue weighted by Crippen LogP contribution is 2.48. The van der Waals surface area contributed by atoms with Gasteiger partial charge in [-0.2, -0.15) is 0 Å². The van der Waals surface area contributed by atoms with E-state index in [1.165, 1.54) is 5.56 Å². The van der Waals surface area contributed by atoms with E-state index in [9.17, 15) is 9.90 Å². The molecule has 0 aliphatic heterocycles. The molecule has 0 radical (unpaired) electrons. The second kappa shape index (κ2) is 11.1. The van der Waals surface area contributed by atoms with Crippen LogP contribution < -0.4 is 0 Å². The van der Waals surface area contributed by atoms with Crippen molar-refractivity contribution >= 4 is 5.97 Å². The molecule has 0 spiro atoms. The molecule has 3 aromatic carbocycles. The minimum absolute atomic E-state index is 0.0104. The van der Waals surface area contributed by atoms with Gasteiger partial charge in [0, 0.05) is 5.56 Å². The van der Waals surface area contributed by atoms with Crippen LogP contribution in [-0.2, 0) is 20.9 Å². The van der Waals surface area contributed by atoms with Gasteiger partial charge < -0.3 is 19.1 Å². The Morgan fingerprint density at radius 3 is 2.32 bits per heavy atom. The van der Waals surface area contributed by atoms with Gasteiger partial charge >= 0.3 is 5.97 Å². The fraction of sp³-hybridized carbons (Fsp3) is 0.290. The first kappa shape index (κ1) is 24.9. The molecule has 0 unspecified atom stereocenters. The maximum atomic E-state index is 11.9. The normalized spacial score (nSPS) is 17.4. The smallest absolute Gasteiger partial charge is 0.309 e. The average Bonchev–Trinajstić information content (AvgIpc) is 3.64. The number of aryl methyl sites for hydroxylation is 1. The number of aromatic nitrogens is 1. The number of ether oxygens (including phenoxy) is 2. The van der Waals surface area contributed by atoms with E-state index in [1.54, 1.807) is 0 Å². The first-order chi connectivity index (χ1) is 18.0. The van der Waals surface area contributed by atoms with E-state index in [1.807, 2.05) is 68.4 Å². The van der Waals surface area contributed by atoms with Crippen molar-refractivity contribution in [2.75, 3.05) is 13.2 Å². The van der Waals surface area contributed by atoms with Gasteiger partial charge in [0.15, 0.2) is 5.76 Å². The van der Waals surface area contributed by atoms with Crippen LogP contribution in [0.15, 0.2) is 83.4 Å². The lowest BCUT2D eigenvalue weighted by molar-refractivity contribution is -0.144. The zero-order chi connectivity index (χ0) is 25.8. The molecule has 0 bridgehead atoms. The topological polar surface area (TPSA) is 81.8 Å². The third-order valence-corrected chi connectivity index (χ3v) is 6.83. The van der Waals surface area contributed by atoms with E-state index in [-0.39, 0.29) is 24.4 Å². The Morgan fingerprint density at radius 2 is 1.65 bits per heavy atom. The summed E-state index contributed by atoms with van der Waals surface area (Å²) >= 11 is 0. The Kier molecular flexibility index (Phi) is 7.49. The van der Waals surface area contributed by atoms with Crippen LogP contribution in [0, 0.1) is 12.8 Å². The number of esters is 1. The summed E-state index contributed by atoms with van der Waals surface area (Å²) in [5, 5.41) is 14.9. The molecule has 1 fully saturated rings. The molecule has 1 heterocycles. The fourth-order valence-corrected chi connectivity index (χ4v) is 4.73. The Hall–Kier alpha value is -3.74. The van der Waals surface area contributed by atoms with Crippen LogP contribution in [0.5, 0.6) is 0 Å². The summed E-state index contributed by atoms with van der Waals surface area (Å²) in [6.07, 6.45) is 0.00707. The second-order valence-electron chi connectivity index (χ2n) is 9.43. The van der Waals surface area contributed by atoms with Gasteiger partial charge in [-0.3, -0.25) is 4.79 Å². The van der Waals surface area contributed by atoms with Gasteiger partial charge in [0.2, 0.25) is 0 Å². The molecule has 1 saturated carbocycles. The van der Waals surface area contributed by atoms with Gasteiger partial charge in [-0.1, -0.05) is 84.0 Å². The van der Waals surface area contributed by atoms with Crippen LogP contribution in [-0.4, -0.2) is 29.4 Å². The molecule has 1 aromatic heterocycles. The zero-order valence-electron chi connectivity index (χ0n) is 21.1. The first-order valence-electron chi connectivity index (χ1n) is 12.7. The number of nitrogens with zero attached hydrogens (tertiary/aromatic N) is 1. The molecule has 6 nitrogen and oxygen atoms in total. The molecule has 4 aromatic rings. The summed E-state index contributed by atoms with van der Waals surface area (Å²) in [6, 6.07) is 26.2. The van der Waals surface area contributed by atoms with Crippen molar-refractivity contribution in [3.8, 4) is 22.5 Å². The van der Waals surface area contributed by atoms with Crippen LogP contribution in [0.3, 0.4) is 0 Å². The van der Waals surface area contributed by atoms with Crippen molar-refractivity contribution in [1.82, 2.24) is 5.16 Å². The summed E-state index contributed by atoms with van der Waals surface area (Å²) in [5.74, 6) is 0.700. The highest BCUT2D eigenvalue weighted by molar-refractivity contribution is 5.77. The van der Waals surface area contributed by atoms with E-state index in [4.69, 9.17) is 14.0 Å². The zero-order valence-corrected chi connectivity index (χ0v) is 21.1. The summed E-state index contributed by atoms with van der Waals surface area (Å²) in [6.45, 7) is 4.66. The summed E-state index contributed by atoms with van der Waals surface area (Å²) in [5.41, 5.74) is 6.51. The predicted molar refractivity (Wildman–Crippen MR) is 141 cm³/mol. The lowest BCUT2D eigenvalue weighted by Gasteiger charge is -2.12. The Bertz CT molecular complexity index is 1330. The number of carbonyl (C=O) groups excluding carboxylic acids is 1.